The lowest BCUT2D eigenvalue weighted by Gasteiger charge is -2.20. The standard InChI is InChI=1S/C22H34N2O5/c1-4-27-18-14-17(15-19(28-5-2)20(18)29-6-3)22(26)24-13-12-23-21(25)16-10-8-7-9-11-16/h14-16H,4-13H2,1-3H3,(H,23,25)(H,24,26). The van der Waals surface area contributed by atoms with Gasteiger partial charge in [0.25, 0.3) is 5.91 Å². The highest BCUT2D eigenvalue weighted by atomic mass is 16.5. The van der Waals surface area contributed by atoms with Gasteiger partial charge in [-0.2, -0.15) is 0 Å². The molecular weight excluding hydrogens is 372 g/mol. The number of ether oxygens (including phenoxy) is 3. The Morgan fingerprint density at radius 1 is 0.862 bits per heavy atom. The van der Waals surface area contributed by atoms with Crippen LogP contribution < -0.4 is 24.8 Å². The van der Waals surface area contributed by atoms with Crippen molar-refractivity contribution in [2.24, 2.45) is 5.92 Å². The number of rotatable bonds is 11. The first-order valence-electron chi connectivity index (χ1n) is 10.7. The van der Waals surface area contributed by atoms with Crippen molar-refractivity contribution >= 4 is 11.8 Å². The molecule has 7 nitrogen and oxygen atoms in total. The molecule has 1 saturated carbocycles. The van der Waals surface area contributed by atoms with E-state index in [1.54, 1.807) is 12.1 Å². The maximum Gasteiger partial charge on any atom is 0.251 e. The van der Waals surface area contributed by atoms with Crippen molar-refractivity contribution in [3.8, 4) is 17.2 Å². The molecule has 0 aromatic heterocycles. The minimum atomic E-state index is -0.248. The molecule has 2 rings (SSSR count). The monoisotopic (exact) mass is 406 g/mol. The summed E-state index contributed by atoms with van der Waals surface area (Å²) in [6, 6.07) is 3.32. The van der Waals surface area contributed by atoms with E-state index in [1.807, 2.05) is 20.8 Å². The van der Waals surface area contributed by atoms with Crippen LogP contribution in [0.3, 0.4) is 0 Å². The molecule has 1 aliphatic carbocycles. The molecular formula is C22H34N2O5. The van der Waals surface area contributed by atoms with E-state index in [1.165, 1.54) is 6.42 Å². The van der Waals surface area contributed by atoms with E-state index in [-0.39, 0.29) is 17.7 Å². The zero-order chi connectivity index (χ0) is 21.1. The molecule has 1 aromatic rings. The molecule has 29 heavy (non-hydrogen) atoms. The fourth-order valence-electron chi connectivity index (χ4n) is 3.49. The van der Waals surface area contributed by atoms with E-state index in [2.05, 4.69) is 10.6 Å². The van der Waals surface area contributed by atoms with Crippen LogP contribution in [0.25, 0.3) is 0 Å². The van der Waals surface area contributed by atoms with Gasteiger partial charge in [0.15, 0.2) is 11.5 Å². The highest BCUT2D eigenvalue weighted by Gasteiger charge is 2.21. The number of benzene rings is 1. The van der Waals surface area contributed by atoms with Crippen molar-refractivity contribution in [1.29, 1.82) is 0 Å². The summed E-state index contributed by atoms with van der Waals surface area (Å²) in [4.78, 5) is 24.8. The highest BCUT2D eigenvalue weighted by Crippen LogP contribution is 2.39. The minimum Gasteiger partial charge on any atom is -0.490 e. The number of hydrogen-bond acceptors (Lipinski definition) is 5. The summed E-state index contributed by atoms with van der Waals surface area (Å²) >= 11 is 0. The molecule has 7 heteroatoms. The second kappa shape index (κ2) is 12.2. The Bertz CT molecular complexity index is 644. The largest absolute Gasteiger partial charge is 0.490 e. The molecule has 0 bridgehead atoms. The highest BCUT2D eigenvalue weighted by molar-refractivity contribution is 5.95. The van der Waals surface area contributed by atoms with Crippen molar-refractivity contribution < 1.29 is 23.8 Å². The van der Waals surface area contributed by atoms with Crippen LogP contribution in [0, 0.1) is 5.92 Å². The molecule has 0 aliphatic heterocycles. The summed E-state index contributed by atoms with van der Waals surface area (Å²) < 4.78 is 17.0. The number of carbonyl (C=O) groups is 2. The van der Waals surface area contributed by atoms with Crippen LogP contribution in [0.5, 0.6) is 17.2 Å². The van der Waals surface area contributed by atoms with Crippen LogP contribution in [0.1, 0.15) is 63.2 Å². The maximum atomic E-state index is 12.6. The van der Waals surface area contributed by atoms with E-state index in [9.17, 15) is 9.59 Å². The summed E-state index contributed by atoms with van der Waals surface area (Å²) in [6.07, 6.45) is 5.39. The predicted molar refractivity (Wildman–Crippen MR) is 112 cm³/mol. The summed E-state index contributed by atoms with van der Waals surface area (Å²) in [5.41, 5.74) is 0.430. The van der Waals surface area contributed by atoms with Gasteiger partial charge in [-0.1, -0.05) is 19.3 Å². The Hall–Kier alpha value is -2.44. The van der Waals surface area contributed by atoms with Gasteiger partial charge in [-0.05, 0) is 45.7 Å². The molecule has 0 saturated heterocycles. The molecule has 2 N–H and O–H groups in total. The summed E-state index contributed by atoms with van der Waals surface area (Å²) in [7, 11) is 0. The van der Waals surface area contributed by atoms with E-state index >= 15 is 0 Å². The average molecular weight is 407 g/mol. The van der Waals surface area contributed by atoms with E-state index < -0.39 is 0 Å². The van der Waals surface area contributed by atoms with Crippen molar-refractivity contribution in [2.75, 3.05) is 32.9 Å². The Morgan fingerprint density at radius 2 is 1.41 bits per heavy atom. The zero-order valence-electron chi connectivity index (χ0n) is 17.8. The minimum absolute atomic E-state index is 0.0947. The fourth-order valence-corrected chi connectivity index (χ4v) is 3.49. The Labute approximate surface area is 173 Å². The van der Waals surface area contributed by atoms with Gasteiger partial charge in [0.1, 0.15) is 0 Å². The third kappa shape index (κ3) is 6.84. The van der Waals surface area contributed by atoms with Gasteiger partial charge < -0.3 is 24.8 Å². The van der Waals surface area contributed by atoms with Crippen LogP contribution >= 0.6 is 0 Å². The third-order valence-electron chi connectivity index (χ3n) is 4.86. The molecule has 1 fully saturated rings. The lowest BCUT2D eigenvalue weighted by atomic mass is 9.89. The molecule has 0 unspecified atom stereocenters. The van der Waals surface area contributed by atoms with Gasteiger partial charge in [-0.15, -0.1) is 0 Å². The Kier molecular flexibility index (Phi) is 9.60. The van der Waals surface area contributed by atoms with Gasteiger partial charge in [0, 0.05) is 24.6 Å². The van der Waals surface area contributed by atoms with Crippen LogP contribution in [0.15, 0.2) is 12.1 Å². The first kappa shape index (κ1) is 22.8. The number of carbonyl (C=O) groups excluding carboxylic acids is 2. The maximum absolute atomic E-state index is 12.6. The number of hydrogen-bond donors (Lipinski definition) is 2. The first-order valence-corrected chi connectivity index (χ1v) is 10.7. The van der Waals surface area contributed by atoms with Gasteiger partial charge in [0.2, 0.25) is 11.7 Å². The number of amides is 2. The SMILES string of the molecule is CCOc1cc(C(=O)NCCNC(=O)C2CCCCC2)cc(OCC)c1OCC. The molecule has 2 amide bonds. The van der Waals surface area contributed by atoms with Gasteiger partial charge in [-0.3, -0.25) is 9.59 Å². The molecule has 0 spiro atoms. The van der Waals surface area contributed by atoms with Crippen LogP contribution in [-0.4, -0.2) is 44.7 Å². The molecule has 0 radical (unpaired) electrons. The van der Waals surface area contributed by atoms with Crippen LogP contribution in [0.4, 0.5) is 0 Å². The molecule has 0 heterocycles. The van der Waals surface area contributed by atoms with Gasteiger partial charge in [-0.25, -0.2) is 0 Å². The van der Waals surface area contributed by atoms with Gasteiger partial charge in [0.05, 0.1) is 19.8 Å². The first-order chi connectivity index (χ1) is 14.1. The zero-order valence-corrected chi connectivity index (χ0v) is 17.8. The van der Waals surface area contributed by atoms with Crippen molar-refractivity contribution in [3.05, 3.63) is 17.7 Å². The van der Waals surface area contributed by atoms with E-state index in [0.717, 1.165) is 25.7 Å². The molecule has 1 aromatic carbocycles. The Morgan fingerprint density at radius 3 is 1.97 bits per heavy atom. The molecule has 1 aliphatic rings. The van der Waals surface area contributed by atoms with Crippen molar-refractivity contribution in [3.63, 3.8) is 0 Å². The van der Waals surface area contributed by atoms with Gasteiger partial charge >= 0.3 is 0 Å². The second-order valence-corrected chi connectivity index (χ2v) is 6.98. The third-order valence-corrected chi connectivity index (χ3v) is 4.86. The normalized spacial score (nSPS) is 14.2. The lowest BCUT2D eigenvalue weighted by Crippen LogP contribution is -2.38. The smallest absolute Gasteiger partial charge is 0.251 e. The number of nitrogens with one attached hydrogen (secondary N) is 2. The second-order valence-electron chi connectivity index (χ2n) is 6.98. The topological polar surface area (TPSA) is 85.9 Å². The Balaban J connectivity index is 1.95. The summed E-state index contributed by atoms with van der Waals surface area (Å²) in [5.74, 6) is 1.44. The fraction of sp³-hybridized carbons (Fsp3) is 0.636. The average Bonchev–Trinajstić information content (AvgIpc) is 2.74. The van der Waals surface area contributed by atoms with Crippen molar-refractivity contribution in [1.82, 2.24) is 10.6 Å². The van der Waals surface area contributed by atoms with E-state index in [4.69, 9.17) is 14.2 Å². The summed E-state index contributed by atoms with van der Waals surface area (Å²) in [6.45, 7) is 7.76. The quantitative estimate of drug-likeness (QED) is 0.551. The summed E-state index contributed by atoms with van der Waals surface area (Å²) in [5, 5.41) is 5.77. The predicted octanol–water partition coefficient (Wildman–Crippen LogP) is 3.31. The lowest BCUT2D eigenvalue weighted by molar-refractivity contribution is -0.125. The van der Waals surface area contributed by atoms with E-state index in [0.29, 0.717) is 55.7 Å². The molecule has 162 valence electrons. The van der Waals surface area contributed by atoms with Crippen molar-refractivity contribution in [2.45, 2.75) is 52.9 Å². The molecule has 0 atom stereocenters. The van der Waals surface area contributed by atoms with Crippen LogP contribution in [0.2, 0.25) is 0 Å². The van der Waals surface area contributed by atoms with Crippen LogP contribution in [-0.2, 0) is 4.79 Å².